The second-order valence-electron chi connectivity index (χ2n) is 9.26. The van der Waals surface area contributed by atoms with Gasteiger partial charge in [0.15, 0.2) is 0 Å². The maximum atomic E-state index is 13.1. The molecule has 0 spiro atoms. The number of hydrogen-bond donors (Lipinski definition) is 0. The van der Waals surface area contributed by atoms with Gasteiger partial charge in [0, 0.05) is 69.1 Å². The topological polar surface area (TPSA) is 53.1 Å². The fourth-order valence-corrected chi connectivity index (χ4v) is 5.65. The van der Waals surface area contributed by atoms with Gasteiger partial charge in [-0.2, -0.15) is 0 Å². The van der Waals surface area contributed by atoms with Gasteiger partial charge in [0.2, 0.25) is 11.8 Å². The maximum Gasteiger partial charge on any atom is 0.226 e. The molecule has 3 aliphatic heterocycles. The first-order valence-electron chi connectivity index (χ1n) is 10.4. The molecular weight excluding hydrogens is 342 g/mol. The van der Waals surface area contributed by atoms with Crippen molar-refractivity contribution < 1.29 is 14.3 Å². The molecule has 2 atom stereocenters. The van der Waals surface area contributed by atoms with Crippen LogP contribution in [0.25, 0.3) is 0 Å². The number of hydrogen-bond acceptors (Lipinski definition) is 4. The van der Waals surface area contributed by atoms with Crippen molar-refractivity contribution in [1.82, 2.24) is 14.7 Å². The van der Waals surface area contributed by atoms with Gasteiger partial charge >= 0.3 is 0 Å². The Morgan fingerprint density at radius 2 is 1.56 bits per heavy atom. The van der Waals surface area contributed by atoms with Crippen LogP contribution in [0.5, 0.6) is 0 Å². The van der Waals surface area contributed by atoms with Crippen LogP contribution >= 0.6 is 0 Å². The molecule has 0 saturated carbocycles. The summed E-state index contributed by atoms with van der Waals surface area (Å²) in [6.07, 6.45) is 7.72. The van der Waals surface area contributed by atoms with Crippen molar-refractivity contribution in [3.05, 3.63) is 12.2 Å². The van der Waals surface area contributed by atoms with Gasteiger partial charge in [-0.05, 0) is 39.8 Å². The number of fused-ring (bicyclic) bond motifs is 1. The van der Waals surface area contributed by atoms with E-state index in [0.717, 1.165) is 58.4 Å². The van der Waals surface area contributed by atoms with E-state index in [-0.39, 0.29) is 17.3 Å². The molecule has 4 rings (SSSR count). The third kappa shape index (κ3) is 3.66. The minimum absolute atomic E-state index is 0.0199. The van der Waals surface area contributed by atoms with Gasteiger partial charge < -0.3 is 19.4 Å². The molecule has 0 aromatic carbocycles. The quantitative estimate of drug-likeness (QED) is 0.694. The van der Waals surface area contributed by atoms with Crippen molar-refractivity contribution in [1.29, 1.82) is 0 Å². The van der Waals surface area contributed by atoms with E-state index in [0.29, 0.717) is 30.9 Å². The van der Waals surface area contributed by atoms with E-state index in [1.54, 1.807) is 0 Å². The van der Waals surface area contributed by atoms with Crippen LogP contribution < -0.4 is 0 Å². The SMILES string of the molecule is CN(C)CC12CN(C(=O)C3CC=CC3)CC1CN(C(=O)C1CCOCC1)C2. The molecule has 3 saturated heterocycles. The Kier molecular flexibility index (Phi) is 5.30. The Bertz CT molecular complexity index is 606. The van der Waals surface area contributed by atoms with Crippen LogP contribution in [0.2, 0.25) is 0 Å². The number of carbonyl (C=O) groups excluding carboxylic acids is 2. The van der Waals surface area contributed by atoms with E-state index in [9.17, 15) is 9.59 Å². The molecule has 2 unspecified atom stereocenters. The number of amides is 2. The van der Waals surface area contributed by atoms with E-state index < -0.39 is 0 Å². The highest BCUT2D eigenvalue weighted by atomic mass is 16.5. The molecule has 3 heterocycles. The van der Waals surface area contributed by atoms with Gasteiger partial charge in [-0.15, -0.1) is 0 Å². The number of likely N-dealkylation sites (tertiary alicyclic amines) is 2. The molecule has 2 amide bonds. The van der Waals surface area contributed by atoms with Crippen LogP contribution in [0.3, 0.4) is 0 Å². The highest BCUT2D eigenvalue weighted by molar-refractivity contribution is 5.81. The second-order valence-corrected chi connectivity index (χ2v) is 9.26. The molecule has 0 aromatic heterocycles. The molecule has 150 valence electrons. The predicted octanol–water partition coefficient (Wildman–Crippen LogP) is 1.23. The largest absolute Gasteiger partial charge is 0.381 e. The molecular formula is C21H33N3O3. The van der Waals surface area contributed by atoms with Gasteiger partial charge in [0.1, 0.15) is 0 Å². The van der Waals surface area contributed by atoms with Crippen molar-refractivity contribution in [2.45, 2.75) is 25.7 Å². The summed E-state index contributed by atoms with van der Waals surface area (Å²) in [7, 11) is 4.19. The molecule has 0 bridgehead atoms. The first-order chi connectivity index (χ1) is 13.0. The van der Waals surface area contributed by atoms with E-state index in [1.807, 2.05) is 0 Å². The van der Waals surface area contributed by atoms with Crippen molar-refractivity contribution in [3.8, 4) is 0 Å². The van der Waals surface area contributed by atoms with Crippen molar-refractivity contribution >= 4 is 11.8 Å². The zero-order chi connectivity index (χ0) is 19.0. The van der Waals surface area contributed by atoms with Crippen LogP contribution in [0.1, 0.15) is 25.7 Å². The lowest BCUT2D eigenvalue weighted by Crippen LogP contribution is -2.45. The monoisotopic (exact) mass is 375 g/mol. The maximum absolute atomic E-state index is 13.1. The molecule has 0 N–H and O–H groups in total. The molecule has 27 heavy (non-hydrogen) atoms. The zero-order valence-electron chi connectivity index (χ0n) is 16.7. The summed E-state index contributed by atoms with van der Waals surface area (Å²) < 4.78 is 5.42. The lowest BCUT2D eigenvalue weighted by atomic mass is 9.80. The number of carbonyl (C=O) groups is 2. The predicted molar refractivity (Wildman–Crippen MR) is 103 cm³/mol. The van der Waals surface area contributed by atoms with Gasteiger partial charge in [-0.1, -0.05) is 12.2 Å². The van der Waals surface area contributed by atoms with E-state index in [1.165, 1.54) is 0 Å². The number of ether oxygens (including phenoxy) is 1. The van der Waals surface area contributed by atoms with E-state index >= 15 is 0 Å². The highest BCUT2D eigenvalue weighted by Crippen LogP contribution is 2.44. The smallest absolute Gasteiger partial charge is 0.226 e. The highest BCUT2D eigenvalue weighted by Gasteiger charge is 2.55. The number of nitrogens with zero attached hydrogens (tertiary/aromatic N) is 3. The third-order valence-corrected chi connectivity index (χ3v) is 6.94. The lowest BCUT2D eigenvalue weighted by molar-refractivity contribution is -0.138. The average Bonchev–Trinajstić information content (AvgIpc) is 3.35. The lowest BCUT2D eigenvalue weighted by Gasteiger charge is -2.33. The van der Waals surface area contributed by atoms with Crippen molar-refractivity contribution in [2.24, 2.45) is 23.2 Å². The summed E-state index contributed by atoms with van der Waals surface area (Å²) in [5, 5.41) is 0. The van der Waals surface area contributed by atoms with Crippen LogP contribution in [-0.2, 0) is 14.3 Å². The normalized spacial score (nSPS) is 31.9. The summed E-state index contributed by atoms with van der Waals surface area (Å²) in [5.74, 6) is 1.28. The van der Waals surface area contributed by atoms with E-state index in [2.05, 4.69) is 40.9 Å². The Labute approximate surface area is 162 Å². The van der Waals surface area contributed by atoms with Gasteiger partial charge in [0.25, 0.3) is 0 Å². The molecule has 6 heteroatoms. The van der Waals surface area contributed by atoms with Gasteiger partial charge in [-0.25, -0.2) is 0 Å². The molecule has 0 radical (unpaired) electrons. The third-order valence-electron chi connectivity index (χ3n) is 6.94. The summed E-state index contributed by atoms with van der Waals surface area (Å²) in [6.45, 7) is 5.53. The van der Waals surface area contributed by atoms with Crippen LogP contribution in [0.15, 0.2) is 12.2 Å². The minimum Gasteiger partial charge on any atom is -0.381 e. The minimum atomic E-state index is 0.0199. The van der Waals surface area contributed by atoms with Crippen molar-refractivity contribution in [3.63, 3.8) is 0 Å². The average molecular weight is 376 g/mol. The molecule has 3 fully saturated rings. The fraction of sp³-hybridized carbons (Fsp3) is 0.810. The van der Waals surface area contributed by atoms with Gasteiger partial charge in [-0.3, -0.25) is 9.59 Å². The van der Waals surface area contributed by atoms with E-state index in [4.69, 9.17) is 4.74 Å². The molecule has 1 aliphatic carbocycles. The fourth-order valence-electron chi connectivity index (χ4n) is 5.65. The molecule has 6 nitrogen and oxygen atoms in total. The Morgan fingerprint density at radius 3 is 2.11 bits per heavy atom. The summed E-state index contributed by atoms with van der Waals surface area (Å²) in [5.41, 5.74) is 0.0199. The number of rotatable bonds is 4. The first-order valence-corrected chi connectivity index (χ1v) is 10.4. The first kappa shape index (κ1) is 18.9. The standard InChI is InChI=1S/C21H33N3O3/c1-22(2)13-21-14-23(19(25)16-5-3-4-6-16)11-18(21)12-24(15-21)20(26)17-7-9-27-10-8-17/h3-4,16-18H,5-15H2,1-2H3. The van der Waals surface area contributed by atoms with Crippen LogP contribution in [0.4, 0.5) is 0 Å². The summed E-state index contributed by atoms with van der Waals surface area (Å²) >= 11 is 0. The van der Waals surface area contributed by atoms with Gasteiger partial charge in [0.05, 0.1) is 0 Å². The number of allylic oxidation sites excluding steroid dienone is 2. The van der Waals surface area contributed by atoms with Crippen molar-refractivity contribution in [2.75, 3.05) is 60.0 Å². The van der Waals surface area contributed by atoms with Crippen LogP contribution in [-0.4, -0.2) is 86.5 Å². The molecule has 4 aliphatic rings. The Hall–Kier alpha value is -1.40. The Morgan fingerprint density at radius 1 is 1.00 bits per heavy atom. The summed E-state index contributed by atoms with van der Waals surface area (Å²) in [6, 6.07) is 0. The second kappa shape index (κ2) is 7.55. The summed E-state index contributed by atoms with van der Waals surface area (Å²) in [4.78, 5) is 32.4. The van der Waals surface area contributed by atoms with Crippen LogP contribution in [0, 0.1) is 23.2 Å². The Balaban J connectivity index is 1.45. The zero-order valence-corrected chi connectivity index (χ0v) is 16.7. The molecule has 0 aromatic rings.